The van der Waals surface area contributed by atoms with Gasteiger partial charge in [-0.05, 0) is 25.1 Å². The highest BCUT2D eigenvalue weighted by Gasteiger charge is 2.15. The molecule has 0 unspecified atom stereocenters. The molecule has 158 valence electrons. The lowest BCUT2D eigenvalue weighted by molar-refractivity contribution is -0.124. The summed E-state index contributed by atoms with van der Waals surface area (Å²) >= 11 is 0. The fraction of sp³-hybridized carbons (Fsp3) is 0.300. The van der Waals surface area contributed by atoms with E-state index < -0.39 is 18.5 Å². The number of carbonyl (C=O) groups is 2. The van der Waals surface area contributed by atoms with E-state index in [1.54, 1.807) is 41.8 Å². The van der Waals surface area contributed by atoms with E-state index in [-0.39, 0.29) is 6.54 Å². The predicted octanol–water partition coefficient (Wildman–Crippen LogP) is 1.54. The van der Waals surface area contributed by atoms with Gasteiger partial charge in [0.05, 0.1) is 26.9 Å². The fourth-order valence-electron chi connectivity index (χ4n) is 2.82. The van der Waals surface area contributed by atoms with Gasteiger partial charge in [-0.15, -0.1) is 10.2 Å². The summed E-state index contributed by atoms with van der Waals surface area (Å²) < 4.78 is 22.6. The monoisotopic (exact) mass is 414 g/mol. The maximum absolute atomic E-state index is 12.2. The summed E-state index contributed by atoms with van der Waals surface area (Å²) in [6, 6.07) is 6.60. The number of nitrogens with zero attached hydrogens (tertiary/aromatic N) is 3. The Morgan fingerprint density at radius 1 is 1.00 bits per heavy atom. The van der Waals surface area contributed by atoms with E-state index in [0.29, 0.717) is 39.8 Å². The third kappa shape index (κ3) is 4.43. The van der Waals surface area contributed by atoms with Crippen molar-refractivity contribution in [3.63, 3.8) is 0 Å². The first kappa shape index (κ1) is 20.9. The van der Waals surface area contributed by atoms with Crippen molar-refractivity contribution in [3.8, 4) is 17.2 Å². The van der Waals surface area contributed by atoms with Crippen molar-refractivity contribution in [1.29, 1.82) is 0 Å². The third-order valence-electron chi connectivity index (χ3n) is 4.41. The Balaban J connectivity index is 1.59. The molecule has 3 aromatic rings. The molecule has 0 atom stereocenters. The minimum Gasteiger partial charge on any atom is -0.496 e. The van der Waals surface area contributed by atoms with Crippen molar-refractivity contribution in [2.24, 2.45) is 0 Å². The molecule has 0 aliphatic rings. The topological polar surface area (TPSA) is 113 Å². The van der Waals surface area contributed by atoms with Crippen LogP contribution in [0.1, 0.15) is 21.7 Å². The summed E-state index contributed by atoms with van der Waals surface area (Å²) in [7, 11) is 4.56. The second-order valence-electron chi connectivity index (χ2n) is 6.27. The summed E-state index contributed by atoms with van der Waals surface area (Å²) in [5.74, 6) is 1.11. The van der Waals surface area contributed by atoms with Gasteiger partial charge >= 0.3 is 5.97 Å². The van der Waals surface area contributed by atoms with E-state index in [1.807, 2.05) is 0 Å². The van der Waals surface area contributed by atoms with Crippen LogP contribution in [-0.2, 0) is 16.1 Å². The molecule has 0 aliphatic carbocycles. The average molecular weight is 414 g/mol. The van der Waals surface area contributed by atoms with Gasteiger partial charge in [-0.3, -0.25) is 9.20 Å². The predicted molar refractivity (Wildman–Crippen MR) is 106 cm³/mol. The Morgan fingerprint density at radius 2 is 1.70 bits per heavy atom. The SMILES string of the molecule is COc1cc(OC)c(OC)cc1CNC(=O)COC(=O)c1ccc2nnc(C)n2c1. The summed E-state index contributed by atoms with van der Waals surface area (Å²) in [5, 5.41) is 10.6. The number of amides is 1. The summed E-state index contributed by atoms with van der Waals surface area (Å²) in [6.45, 7) is 1.50. The molecule has 1 N–H and O–H groups in total. The molecule has 0 saturated heterocycles. The van der Waals surface area contributed by atoms with Gasteiger partial charge < -0.3 is 24.3 Å². The first-order valence-electron chi connectivity index (χ1n) is 9.01. The number of methoxy groups -OCH3 is 3. The molecule has 0 saturated carbocycles. The molecule has 0 fully saturated rings. The van der Waals surface area contributed by atoms with Crippen molar-refractivity contribution in [2.45, 2.75) is 13.5 Å². The smallest absolute Gasteiger partial charge is 0.340 e. The van der Waals surface area contributed by atoms with Gasteiger partial charge in [-0.25, -0.2) is 4.79 Å². The Kier molecular flexibility index (Phi) is 6.35. The van der Waals surface area contributed by atoms with E-state index >= 15 is 0 Å². The molecular weight excluding hydrogens is 392 g/mol. The van der Waals surface area contributed by atoms with Crippen LogP contribution in [0, 0.1) is 6.92 Å². The van der Waals surface area contributed by atoms with Gasteiger partial charge in [0, 0.05) is 24.4 Å². The standard InChI is InChI=1S/C20H22N4O6/c1-12-22-23-18-6-5-13(10-24(12)18)20(26)30-11-19(25)21-9-14-7-16(28-3)17(29-4)8-15(14)27-2/h5-8,10H,9,11H2,1-4H3,(H,21,25). The number of fused-ring (bicyclic) bond motifs is 1. The van der Waals surface area contributed by atoms with Crippen molar-refractivity contribution in [1.82, 2.24) is 19.9 Å². The zero-order chi connectivity index (χ0) is 21.7. The average Bonchev–Trinajstić information content (AvgIpc) is 3.15. The Bertz CT molecular complexity index is 1080. The summed E-state index contributed by atoms with van der Waals surface area (Å²) in [5.41, 5.74) is 1.59. The Morgan fingerprint density at radius 3 is 2.40 bits per heavy atom. The second kappa shape index (κ2) is 9.12. The van der Waals surface area contributed by atoms with Crippen LogP contribution in [0.25, 0.3) is 5.65 Å². The Labute approximate surface area is 172 Å². The first-order chi connectivity index (χ1) is 14.5. The normalized spacial score (nSPS) is 10.5. The number of nitrogens with one attached hydrogen (secondary N) is 1. The van der Waals surface area contributed by atoms with Crippen LogP contribution in [-0.4, -0.2) is 54.4 Å². The molecule has 30 heavy (non-hydrogen) atoms. The molecule has 10 heteroatoms. The number of esters is 1. The van der Waals surface area contributed by atoms with Crippen LogP contribution in [0.3, 0.4) is 0 Å². The molecule has 1 aromatic carbocycles. The van der Waals surface area contributed by atoms with Gasteiger partial charge in [-0.2, -0.15) is 0 Å². The number of benzene rings is 1. The number of hydrogen-bond donors (Lipinski definition) is 1. The van der Waals surface area contributed by atoms with E-state index in [0.717, 1.165) is 0 Å². The minimum atomic E-state index is -0.621. The van der Waals surface area contributed by atoms with E-state index in [4.69, 9.17) is 18.9 Å². The van der Waals surface area contributed by atoms with Crippen LogP contribution >= 0.6 is 0 Å². The molecule has 2 aromatic heterocycles. The lowest BCUT2D eigenvalue weighted by atomic mass is 10.1. The van der Waals surface area contributed by atoms with Gasteiger partial charge in [0.1, 0.15) is 11.6 Å². The van der Waals surface area contributed by atoms with E-state index in [9.17, 15) is 9.59 Å². The number of pyridine rings is 1. The van der Waals surface area contributed by atoms with Gasteiger partial charge in [0.2, 0.25) is 0 Å². The van der Waals surface area contributed by atoms with E-state index in [1.165, 1.54) is 21.3 Å². The van der Waals surface area contributed by atoms with Crippen LogP contribution in [0.15, 0.2) is 30.5 Å². The Hall–Kier alpha value is -3.82. The van der Waals surface area contributed by atoms with E-state index in [2.05, 4.69) is 15.5 Å². The molecule has 10 nitrogen and oxygen atoms in total. The molecule has 0 spiro atoms. The van der Waals surface area contributed by atoms with Gasteiger partial charge in [0.25, 0.3) is 5.91 Å². The highest BCUT2D eigenvalue weighted by molar-refractivity contribution is 5.91. The van der Waals surface area contributed by atoms with Crippen molar-refractivity contribution in [3.05, 3.63) is 47.4 Å². The molecular formula is C20H22N4O6. The number of ether oxygens (including phenoxy) is 4. The molecule has 2 heterocycles. The summed E-state index contributed by atoms with van der Waals surface area (Å²) in [6.07, 6.45) is 1.57. The summed E-state index contributed by atoms with van der Waals surface area (Å²) in [4.78, 5) is 24.4. The van der Waals surface area contributed by atoms with Crippen LogP contribution < -0.4 is 19.5 Å². The zero-order valence-electron chi connectivity index (χ0n) is 17.1. The maximum Gasteiger partial charge on any atom is 0.340 e. The number of hydrogen-bond acceptors (Lipinski definition) is 8. The lowest BCUT2D eigenvalue weighted by Crippen LogP contribution is -2.28. The van der Waals surface area contributed by atoms with Gasteiger partial charge in [0.15, 0.2) is 23.8 Å². The van der Waals surface area contributed by atoms with Crippen molar-refractivity contribution < 1.29 is 28.5 Å². The van der Waals surface area contributed by atoms with Gasteiger partial charge in [-0.1, -0.05) is 0 Å². The second-order valence-corrected chi connectivity index (χ2v) is 6.27. The first-order valence-corrected chi connectivity index (χ1v) is 9.01. The van der Waals surface area contributed by atoms with Crippen LogP contribution in [0.5, 0.6) is 17.2 Å². The van der Waals surface area contributed by atoms with Crippen LogP contribution in [0.4, 0.5) is 0 Å². The third-order valence-corrected chi connectivity index (χ3v) is 4.41. The fourth-order valence-corrected chi connectivity index (χ4v) is 2.82. The molecule has 0 bridgehead atoms. The number of rotatable bonds is 8. The highest BCUT2D eigenvalue weighted by atomic mass is 16.5. The zero-order valence-corrected chi connectivity index (χ0v) is 17.1. The van der Waals surface area contributed by atoms with Crippen LogP contribution in [0.2, 0.25) is 0 Å². The maximum atomic E-state index is 12.2. The molecule has 0 aliphatic heterocycles. The number of carbonyl (C=O) groups excluding carboxylic acids is 2. The molecule has 1 amide bonds. The highest BCUT2D eigenvalue weighted by Crippen LogP contribution is 2.34. The number of aromatic nitrogens is 3. The number of aryl methyl sites for hydroxylation is 1. The minimum absolute atomic E-state index is 0.159. The largest absolute Gasteiger partial charge is 0.496 e. The van der Waals surface area contributed by atoms with Crippen molar-refractivity contribution in [2.75, 3.05) is 27.9 Å². The molecule has 3 rings (SSSR count). The quantitative estimate of drug-likeness (QED) is 0.552. The lowest BCUT2D eigenvalue weighted by Gasteiger charge is -2.14. The van der Waals surface area contributed by atoms with Crippen molar-refractivity contribution >= 4 is 17.5 Å². The molecule has 0 radical (unpaired) electrons.